The van der Waals surface area contributed by atoms with Gasteiger partial charge in [0.25, 0.3) is 11.8 Å². The van der Waals surface area contributed by atoms with Gasteiger partial charge in [0.15, 0.2) is 11.4 Å². The van der Waals surface area contributed by atoms with Crippen molar-refractivity contribution in [3.63, 3.8) is 0 Å². The van der Waals surface area contributed by atoms with Crippen LogP contribution in [-0.2, 0) is 42.0 Å². The molecule has 2 amide bonds. The lowest BCUT2D eigenvalue weighted by atomic mass is 10.0. The minimum atomic E-state index is -0.367. The zero-order chi connectivity index (χ0) is 43.4. The van der Waals surface area contributed by atoms with Gasteiger partial charge in [0.1, 0.15) is 44.1 Å². The number of carbonyl (C=O) groups excluding carboxylic acids is 2. The van der Waals surface area contributed by atoms with Crippen LogP contribution in [0.5, 0.6) is 17.6 Å². The number of aliphatic hydroxyl groups is 1. The minimum absolute atomic E-state index is 0.148. The molecule has 59 heavy (non-hydrogen) atoms. The fraction of sp³-hybridized carbons (Fsp3) is 0.366. The lowest BCUT2D eigenvalue weighted by Gasteiger charge is -2.13. The first-order valence-corrected chi connectivity index (χ1v) is 19.1. The van der Waals surface area contributed by atoms with E-state index < -0.39 is 0 Å². The number of nitrogens with one attached hydrogen (secondary N) is 2. The number of hydrogen-bond acceptors (Lipinski definition) is 14. The van der Waals surface area contributed by atoms with Crippen molar-refractivity contribution in [2.75, 3.05) is 68.0 Å². The highest BCUT2D eigenvalue weighted by Crippen LogP contribution is 2.26. The number of aliphatic hydroxyl groups excluding tert-OH is 1. The van der Waals surface area contributed by atoms with Gasteiger partial charge in [-0.25, -0.2) is 4.98 Å². The Morgan fingerprint density at radius 3 is 1.63 bits per heavy atom. The van der Waals surface area contributed by atoms with Gasteiger partial charge in [-0.15, -0.1) is 0 Å². The molecular weight excluding hydrogens is 807 g/mol. The van der Waals surface area contributed by atoms with E-state index in [1.807, 2.05) is 39.0 Å². The van der Waals surface area contributed by atoms with Crippen LogP contribution in [0, 0.1) is 6.92 Å². The van der Waals surface area contributed by atoms with Gasteiger partial charge in [0, 0.05) is 50.2 Å². The van der Waals surface area contributed by atoms with Crippen LogP contribution in [0.4, 0.5) is 0 Å². The van der Waals surface area contributed by atoms with Crippen molar-refractivity contribution in [1.82, 2.24) is 20.6 Å². The smallest absolute Gasteiger partial charge is 0.273 e. The summed E-state index contributed by atoms with van der Waals surface area (Å²) < 4.78 is 27.0. The second-order valence-corrected chi connectivity index (χ2v) is 12.2. The molecule has 0 unspecified atom stereocenters. The normalized spacial score (nSPS) is 10.9. The number of ether oxygens (including phenoxy) is 5. The Hall–Kier alpha value is -5.52. The molecule has 0 aliphatic carbocycles. The first-order chi connectivity index (χ1) is 28.6. The standard InChI is InChI=1S/C20H24ClN3O5.C11H14N2O3.C10H14ClNO2/c1-4-27-11-12-28-20-16(21)9-10-17(23-20)29-13-14-7-5-6-8-15(14)18(24-26-3)19(25)22-2;1-12-11(15)10(13-16-2)9-6-4-3-5-8(9)7-14;1-3-13-6-7-14-10-9(11)5-4-8(2)12-10/h5-10H,4,11-13H2,1-3H3,(H,22,25);3-6,14H,7H2,1-2H3,(H,12,15);4-5H,3,6-7H2,1-2H3/b24-18+;13-10+;. The molecule has 0 spiro atoms. The number of oxime groups is 2. The van der Waals surface area contributed by atoms with Crippen LogP contribution in [0.15, 0.2) is 83.1 Å². The molecule has 2 aromatic carbocycles. The highest BCUT2D eigenvalue weighted by atomic mass is 35.5. The van der Waals surface area contributed by atoms with Crippen LogP contribution in [-0.4, -0.2) is 106 Å². The summed E-state index contributed by atoms with van der Waals surface area (Å²) in [6.07, 6.45) is 0. The van der Waals surface area contributed by atoms with Crippen LogP contribution in [0.3, 0.4) is 0 Å². The van der Waals surface area contributed by atoms with Crippen LogP contribution in [0.25, 0.3) is 0 Å². The maximum atomic E-state index is 12.1. The number of nitrogens with zero attached hydrogens (tertiary/aromatic N) is 4. The van der Waals surface area contributed by atoms with Crippen LogP contribution < -0.4 is 24.8 Å². The molecule has 3 N–H and O–H groups in total. The van der Waals surface area contributed by atoms with Gasteiger partial charge in [0.2, 0.25) is 17.6 Å². The second-order valence-electron chi connectivity index (χ2n) is 11.4. The zero-order valence-electron chi connectivity index (χ0n) is 34.3. The maximum absolute atomic E-state index is 12.1. The number of pyridine rings is 2. The molecule has 320 valence electrons. The van der Waals surface area contributed by atoms with Crippen molar-refractivity contribution in [2.45, 2.75) is 34.0 Å². The molecular formula is C41H52Cl2N6O10. The van der Waals surface area contributed by atoms with Crippen LogP contribution in [0.1, 0.15) is 41.8 Å². The number of amides is 2. The second kappa shape index (κ2) is 28.8. The summed E-state index contributed by atoms with van der Waals surface area (Å²) in [5.74, 6) is 0.355. The molecule has 4 rings (SSSR count). The quantitative estimate of drug-likeness (QED) is 0.0570. The number of halogens is 2. The molecule has 0 saturated heterocycles. The van der Waals surface area contributed by atoms with Gasteiger partial charge < -0.3 is 49.1 Å². The summed E-state index contributed by atoms with van der Waals surface area (Å²) in [7, 11) is 5.78. The van der Waals surface area contributed by atoms with Crippen molar-refractivity contribution in [3.8, 4) is 17.6 Å². The third-order valence-electron chi connectivity index (χ3n) is 7.42. The monoisotopic (exact) mass is 858 g/mol. The predicted molar refractivity (Wildman–Crippen MR) is 226 cm³/mol. The Morgan fingerprint density at radius 1 is 0.661 bits per heavy atom. The number of carbonyl (C=O) groups is 2. The van der Waals surface area contributed by atoms with E-state index in [0.29, 0.717) is 78.1 Å². The van der Waals surface area contributed by atoms with Crippen molar-refractivity contribution >= 4 is 46.4 Å². The maximum Gasteiger partial charge on any atom is 0.273 e. The van der Waals surface area contributed by atoms with E-state index in [1.54, 1.807) is 54.6 Å². The average molecular weight is 860 g/mol. The molecule has 0 atom stereocenters. The Balaban J connectivity index is 0.000000337. The molecule has 0 radical (unpaired) electrons. The van der Waals surface area contributed by atoms with Gasteiger partial charge in [-0.05, 0) is 50.1 Å². The molecule has 0 fully saturated rings. The van der Waals surface area contributed by atoms with E-state index >= 15 is 0 Å². The summed E-state index contributed by atoms with van der Waals surface area (Å²) in [4.78, 5) is 41.6. The van der Waals surface area contributed by atoms with Gasteiger partial charge in [-0.3, -0.25) is 9.59 Å². The molecule has 2 aromatic heterocycles. The van der Waals surface area contributed by atoms with Crippen molar-refractivity contribution < 1.29 is 48.1 Å². The largest absolute Gasteiger partial charge is 0.474 e. The number of benzene rings is 2. The number of aromatic nitrogens is 2. The summed E-state index contributed by atoms with van der Waals surface area (Å²) in [6.45, 7) is 8.85. The van der Waals surface area contributed by atoms with E-state index in [9.17, 15) is 9.59 Å². The summed E-state index contributed by atoms with van der Waals surface area (Å²) in [5, 5.41) is 22.6. The van der Waals surface area contributed by atoms with Gasteiger partial charge in [0.05, 0.1) is 19.8 Å². The summed E-state index contributed by atoms with van der Waals surface area (Å²) in [5.41, 5.74) is 3.71. The molecule has 2 heterocycles. The molecule has 16 nitrogen and oxygen atoms in total. The number of rotatable bonds is 20. The number of likely N-dealkylation sites (N-methyl/N-ethyl adjacent to an activating group) is 2. The summed E-state index contributed by atoms with van der Waals surface area (Å²) >= 11 is 12.0. The first-order valence-electron chi connectivity index (χ1n) is 18.4. The third kappa shape index (κ3) is 17.5. The van der Waals surface area contributed by atoms with Gasteiger partial charge in [-0.1, -0.05) is 82.0 Å². The highest BCUT2D eigenvalue weighted by molar-refractivity contribution is 6.46. The van der Waals surface area contributed by atoms with Crippen molar-refractivity contribution in [3.05, 3.63) is 111 Å². The van der Waals surface area contributed by atoms with Crippen molar-refractivity contribution in [2.24, 2.45) is 10.3 Å². The van der Waals surface area contributed by atoms with E-state index in [2.05, 4.69) is 35.8 Å². The Labute approximate surface area is 354 Å². The van der Waals surface area contributed by atoms with E-state index in [4.69, 9.17) is 56.8 Å². The van der Waals surface area contributed by atoms with Crippen LogP contribution in [0.2, 0.25) is 10.0 Å². The number of hydrogen-bond donors (Lipinski definition) is 3. The Kier molecular flexibility index (Phi) is 24.2. The van der Waals surface area contributed by atoms with E-state index in [-0.39, 0.29) is 42.3 Å². The molecule has 18 heteroatoms. The Bertz CT molecular complexity index is 1950. The van der Waals surface area contributed by atoms with E-state index in [0.717, 1.165) is 11.3 Å². The molecule has 4 aromatic rings. The highest BCUT2D eigenvalue weighted by Gasteiger charge is 2.18. The third-order valence-corrected chi connectivity index (χ3v) is 8.00. The number of aryl methyl sites for hydroxylation is 1. The summed E-state index contributed by atoms with van der Waals surface area (Å²) in [6, 6.07) is 21.1. The molecule has 0 bridgehead atoms. The van der Waals surface area contributed by atoms with Crippen LogP contribution >= 0.6 is 23.2 Å². The Morgan fingerprint density at radius 2 is 1.14 bits per heavy atom. The first kappa shape index (κ1) is 49.6. The fourth-order valence-electron chi connectivity index (χ4n) is 4.65. The predicted octanol–water partition coefficient (Wildman–Crippen LogP) is 5.56. The zero-order valence-corrected chi connectivity index (χ0v) is 35.8. The lowest BCUT2D eigenvalue weighted by molar-refractivity contribution is -0.115. The lowest BCUT2D eigenvalue weighted by Crippen LogP contribution is -2.29. The SMILES string of the molecule is CCOCCOc1nc(C)ccc1Cl.CCOCCOc1nc(OCc2ccccc2/C(=N\OC)C(=O)NC)ccc1Cl.CNC(=O)/C(=N/OC)c1ccccc1CO. The van der Waals surface area contributed by atoms with Gasteiger partial charge >= 0.3 is 0 Å². The molecule has 0 saturated carbocycles. The minimum Gasteiger partial charge on any atom is -0.474 e. The van der Waals surface area contributed by atoms with E-state index in [1.165, 1.54) is 28.3 Å². The van der Waals surface area contributed by atoms with Gasteiger partial charge in [-0.2, -0.15) is 4.98 Å². The van der Waals surface area contributed by atoms with Crippen molar-refractivity contribution in [1.29, 1.82) is 0 Å². The fourth-order valence-corrected chi connectivity index (χ4v) is 4.97. The topological polar surface area (TPSA) is 194 Å². The average Bonchev–Trinajstić information content (AvgIpc) is 3.26. The molecule has 0 aliphatic rings. The molecule has 0 aliphatic heterocycles.